The second kappa shape index (κ2) is 9.09. The Morgan fingerprint density at radius 3 is 2.46 bits per heavy atom. The van der Waals surface area contributed by atoms with Crippen LogP contribution in [-0.4, -0.2) is 53.2 Å². The molecule has 0 atom stereocenters. The molecule has 1 heterocycles. The molecule has 0 spiro atoms. The number of para-hydroxylation sites is 2. The molecular weight excluding hydrogens is 382 g/mol. The number of tetrazole rings is 1. The molecule has 10 heteroatoms. The van der Waals surface area contributed by atoms with Gasteiger partial charge in [0.15, 0.2) is 0 Å². The van der Waals surface area contributed by atoms with Gasteiger partial charge in [0.2, 0.25) is 11.1 Å². The van der Waals surface area contributed by atoms with Crippen LogP contribution in [0.25, 0.3) is 5.69 Å². The highest BCUT2D eigenvalue weighted by molar-refractivity contribution is 7.99. The summed E-state index contributed by atoms with van der Waals surface area (Å²) in [6, 6.07) is 12.5. The van der Waals surface area contributed by atoms with E-state index in [-0.39, 0.29) is 11.7 Å². The first kappa shape index (κ1) is 19.5. The molecule has 0 aliphatic rings. The van der Waals surface area contributed by atoms with Crippen molar-refractivity contribution in [1.82, 2.24) is 20.2 Å². The molecule has 0 radical (unpaired) electrons. The number of anilines is 1. The smallest absolute Gasteiger partial charge is 0.234 e. The molecule has 28 heavy (non-hydrogen) atoms. The van der Waals surface area contributed by atoms with Crippen LogP contribution in [0.15, 0.2) is 47.6 Å². The predicted molar refractivity (Wildman–Crippen MR) is 105 cm³/mol. The molecule has 0 aliphatic heterocycles. The third-order valence-corrected chi connectivity index (χ3v) is 4.65. The van der Waals surface area contributed by atoms with Crippen molar-refractivity contribution in [3.8, 4) is 22.9 Å². The van der Waals surface area contributed by atoms with Gasteiger partial charge in [-0.1, -0.05) is 23.9 Å². The molecule has 146 valence electrons. The minimum absolute atomic E-state index is 0.125. The number of carbonyl (C=O) groups excluding carboxylic acids is 1. The van der Waals surface area contributed by atoms with E-state index in [0.29, 0.717) is 33.8 Å². The van der Waals surface area contributed by atoms with Crippen molar-refractivity contribution in [2.75, 3.05) is 32.4 Å². The van der Waals surface area contributed by atoms with Crippen molar-refractivity contribution < 1.29 is 19.0 Å². The van der Waals surface area contributed by atoms with Crippen LogP contribution in [0.2, 0.25) is 0 Å². The molecule has 2 aromatic carbocycles. The Hall–Kier alpha value is -3.27. The van der Waals surface area contributed by atoms with Gasteiger partial charge in [-0.05, 0) is 22.6 Å². The van der Waals surface area contributed by atoms with Gasteiger partial charge in [0.1, 0.15) is 17.2 Å². The van der Waals surface area contributed by atoms with Crippen LogP contribution in [0.4, 0.5) is 5.69 Å². The van der Waals surface area contributed by atoms with Crippen molar-refractivity contribution >= 4 is 23.4 Å². The predicted octanol–water partition coefficient (Wildman–Crippen LogP) is 2.42. The van der Waals surface area contributed by atoms with Gasteiger partial charge in [-0.15, -0.1) is 5.10 Å². The van der Waals surface area contributed by atoms with Gasteiger partial charge >= 0.3 is 0 Å². The number of thioether (sulfide) groups is 1. The van der Waals surface area contributed by atoms with Crippen LogP contribution in [0.1, 0.15) is 0 Å². The molecular formula is C18H19N5O4S. The number of nitrogens with one attached hydrogen (secondary N) is 1. The number of ether oxygens (including phenoxy) is 3. The maximum atomic E-state index is 12.3. The average molecular weight is 401 g/mol. The number of hydrogen-bond donors (Lipinski definition) is 1. The minimum atomic E-state index is -0.202. The Balaban J connectivity index is 1.72. The third-order valence-electron chi connectivity index (χ3n) is 3.74. The molecule has 9 nitrogen and oxygen atoms in total. The Labute approximate surface area is 166 Å². The van der Waals surface area contributed by atoms with E-state index in [2.05, 4.69) is 20.8 Å². The summed E-state index contributed by atoms with van der Waals surface area (Å²) in [5, 5.41) is 15.0. The van der Waals surface area contributed by atoms with Crippen LogP contribution in [0.3, 0.4) is 0 Å². The lowest BCUT2D eigenvalue weighted by molar-refractivity contribution is -0.113. The standard InChI is InChI=1S/C18H19N5O4S/c1-25-13-8-12(9-14(10-13)26-2)23-18(20-21-22-23)28-11-17(24)19-15-6-4-5-7-16(15)27-3/h4-10H,11H2,1-3H3,(H,19,24). The fraction of sp³-hybridized carbons (Fsp3) is 0.222. The second-order valence-electron chi connectivity index (χ2n) is 5.48. The molecule has 3 rings (SSSR count). The largest absolute Gasteiger partial charge is 0.497 e. The monoisotopic (exact) mass is 401 g/mol. The molecule has 1 amide bonds. The van der Waals surface area contributed by atoms with Gasteiger partial charge < -0.3 is 19.5 Å². The second-order valence-corrected chi connectivity index (χ2v) is 6.42. The van der Waals surface area contributed by atoms with Gasteiger partial charge in [0.25, 0.3) is 0 Å². The van der Waals surface area contributed by atoms with Crippen molar-refractivity contribution in [3.05, 3.63) is 42.5 Å². The molecule has 0 bridgehead atoms. The van der Waals surface area contributed by atoms with E-state index in [1.807, 2.05) is 12.1 Å². The van der Waals surface area contributed by atoms with E-state index in [9.17, 15) is 4.79 Å². The summed E-state index contributed by atoms with van der Waals surface area (Å²) in [5.41, 5.74) is 1.27. The summed E-state index contributed by atoms with van der Waals surface area (Å²) >= 11 is 1.21. The summed E-state index contributed by atoms with van der Waals surface area (Å²) < 4.78 is 17.3. The molecule has 1 aromatic heterocycles. The zero-order valence-corrected chi connectivity index (χ0v) is 16.4. The van der Waals surface area contributed by atoms with E-state index < -0.39 is 0 Å². The van der Waals surface area contributed by atoms with E-state index in [0.717, 1.165) is 0 Å². The third kappa shape index (κ3) is 4.52. The van der Waals surface area contributed by atoms with Gasteiger partial charge in [-0.25, -0.2) is 0 Å². The number of nitrogens with zero attached hydrogens (tertiary/aromatic N) is 4. The zero-order chi connectivity index (χ0) is 19.9. The Morgan fingerprint density at radius 2 is 1.79 bits per heavy atom. The Bertz CT molecular complexity index is 940. The highest BCUT2D eigenvalue weighted by Crippen LogP contribution is 2.27. The molecule has 0 unspecified atom stereocenters. The maximum absolute atomic E-state index is 12.3. The SMILES string of the molecule is COc1cc(OC)cc(-n2nnnc2SCC(=O)Nc2ccccc2OC)c1. The van der Waals surface area contributed by atoms with Crippen LogP contribution < -0.4 is 19.5 Å². The highest BCUT2D eigenvalue weighted by Gasteiger charge is 2.14. The summed E-state index contributed by atoms with van der Waals surface area (Å²) in [5.74, 6) is 1.73. The summed E-state index contributed by atoms with van der Waals surface area (Å²) in [4.78, 5) is 12.3. The van der Waals surface area contributed by atoms with Gasteiger partial charge in [0.05, 0.1) is 38.5 Å². The molecule has 0 aliphatic carbocycles. The fourth-order valence-corrected chi connectivity index (χ4v) is 3.10. The number of hydrogen-bond acceptors (Lipinski definition) is 8. The first-order valence-corrected chi connectivity index (χ1v) is 9.20. The van der Waals surface area contributed by atoms with Gasteiger partial charge in [-0.3, -0.25) is 4.79 Å². The lowest BCUT2D eigenvalue weighted by Gasteiger charge is -2.10. The lowest BCUT2D eigenvalue weighted by Crippen LogP contribution is -2.15. The summed E-state index contributed by atoms with van der Waals surface area (Å²) in [6.45, 7) is 0. The van der Waals surface area contributed by atoms with Crippen molar-refractivity contribution in [1.29, 1.82) is 0 Å². The fourth-order valence-electron chi connectivity index (χ4n) is 2.41. The number of carbonyl (C=O) groups is 1. The Morgan fingerprint density at radius 1 is 1.07 bits per heavy atom. The van der Waals surface area contributed by atoms with Crippen molar-refractivity contribution in [3.63, 3.8) is 0 Å². The van der Waals surface area contributed by atoms with Crippen molar-refractivity contribution in [2.45, 2.75) is 5.16 Å². The molecule has 0 saturated carbocycles. The van der Waals surface area contributed by atoms with Crippen LogP contribution >= 0.6 is 11.8 Å². The maximum Gasteiger partial charge on any atom is 0.234 e. The number of rotatable bonds is 8. The number of amides is 1. The van der Waals surface area contributed by atoms with E-state index in [4.69, 9.17) is 14.2 Å². The van der Waals surface area contributed by atoms with E-state index in [1.54, 1.807) is 51.7 Å². The van der Waals surface area contributed by atoms with Crippen LogP contribution in [0.5, 0.6) is 17.2 Å². The summed E-state index contributed by atoms with van der Waals surface area (Å²) in [7, 11) is 4.68. The minimum Gasteiger partial charge on any atom is -0.497 e. The molecule has 3 aromatic rings. The summed E-state index contributed by atoms with van der Waals surface area (Å²) in [6.07, 6.45) is 0. The van der Waals surface area contributed by atoms with Crippen LogP contribution in [-0.2, 0) is 4.79 Å². The quantitative estimate of drug-likeness (QED) is 0.575. The van der Waals surface area contributed by atoms with E-state index in [1.165, 1.54) is 16.4 Å². The molecule has 0 saturated heterocycles. The highest BCUT2D eigenvalue weighted by atomic mass is 32.2. The first-order chi connectivity index (χ1) is 13.6. The zero-order valence-electron chi connectivity index (χ0n) is 15.6. The normalized spacial score (nSPS) is 10.4. The first-order valence-electron chi connectivity index (χ1n) is 8.22. The molecule has 0 fully saturated rings. The average Bonchev–Trinajstić information content (AvgIpc) is 3.21. The van der Waals surface area contributed by atoms with E-state index >= 15 is 0 Å². The number of methoxy groups -OCH3 is 3. The van der Waals surface area contributed by atoms with Crippen molar-refractivity contribution in [2.24, 2.45) is 0 Å². The molecule has 1 N–H and O–H groups in total. The topological polar surface area (TPSA) is 100 Å². The van der Waals surface area contributed by atoms with Crippen LogP contribution in [0, 0.1) is 0 Å². The number of benzene rings is 2. The number of aromatic nitrogens is 4. The van der Waals surface area contributed by atoms with Gasteiger partial charge in [0, 0.05) is 18.2 Å². The van der Waals surface area contributed by atoms with Gasteiger partial charge in [-0.2, -0.15) is 4.68 Å². The lowest BCUT2D eigenvalue weighted by atomic mass is 10.3. The Kier molecular flexibility index (Phi) is 6.33.